The summed E-state index contributed by atoms with van der Waals surface area (Å²) in [6, 6.07) is 6.66. The molecule has 16 heavy (non-hydrogen) atoms. The lowest BCUT2D eigenvalue weighted by Gasteiger charge is -2.05. The van der Waals surface area contributed by atoms with E-state index < -0.39 is 5.97 Å². The summed E-state index contributed by atoms with van der Waals surface area (Å²) in [4.78, 5) is 22.4. The van der Waals surface area contributed by atoms with Crippen LogP contribution in [-0.4, -0.2) is 32.6 Å². The molecule has 0 aliphatic carbocycles. The smallest absolute Gasteiger partial charge is 0.325 e. The molecule has 1 aromatic carbocycles. The van der Waals surface area contributed by atoms with Crippen LogP contribution in [0, 0.1) is 0 Å². The molecule has 0 bridgehead atoms. The molecular weight excluding hydrogens is 210 g/mol. The predicted molar refractivity (Wildman–Crippen MR) is 57.3 cm³/mol. The van der Waals surface area contributed by atoms with E-state index in [1.165, 1.54) is 14.2 Å². The Bertz CT molecular complexity index is 389. The van der Waals surface area contributed by atoms with Gasteiger partial charge in [0.15, 0.2) is 0 Å². The molecule has 0 aromatic heterocycles. The quantitative estimate of drug-likeness (QED) is 0.759. The second-order valence-electron chi connectivity index (χ2n) is 2.99. The van der Waals surface area contributed by atoms with Gasteiger partial charge in [-0.2, -0.15) is 0 Å². The fourth-order valence-corrected chi connectivity index (χ4v) is 1.09. The normalized spacial score (nSPS) is 9.38. The molecule has 0 radical (unpaired) electrons. The van der Waals surface area contributed by atoms with E-state index in [0.29, 0.717) is 11.3 Å². The molecule has 1 aromatic rings. The molecule has 0 aliphatic rings. The van der Waals surface area contributed by atoms with Crippen LogP contribution in [0.25, 0.3) is 0 Å². The van der Waals surface area contributed by atoms with Crippen molar-refractivity contribution in [3.8, 4) is 5.75 Å². The Morgan fingerprint density at radius 3 is 2.69 bits per heavy atom. The van der Waals surface area contributed by atoms with E-state index in [1.807, 2.05) is 0 Å². The van der Waals surface area contributed by atoms with Crippen LogP contribution in [0.4, 0.5) is 0 Å². The summed E-state index contributed by atoms with van der Waals surface area (Å²) in [6.45, 7) is -0.146. The number of carbonyl (C=O) groups excluding carboxylic acids is 2. The molecule has 0 spiro atoms. The summed E-state index contributed by atoms with van der Waals surface area (Å²) in [5.74, 6) is -0.244. The fourth-order valence-electron chi connectivity index (χ4n) is 1.09. The molecule has 1 rings (SSSR count). The summed E-state index contributed by atoms with van der Waals surface area (Å²) in [5, 5.41) is 2.43. The van der Waals surface area contributed by atoms with Crippen molar-refractivity contribution in [1.82, 2.24) is 5.32 Å². The second kappa shape index (κ2) is 5.75. The molecule has 86 valence electrons. The monoisotopic (exact) mass is 223 g/mol. The van der Waals surface area contributed by atoms with Crippen molar-refractivity contribution in [1.29, 1.82) is 0 Å². The Hall–Kier alpha value is -2.04. The van der Waals surface area contributed by atoms with E-state index in [2.05, 4.69) is 10.1 Å². The van der Waals surface area contributed by atoms with Gasteiger partial charge in [0.2, 0.25) is 0 Å². The first-order valence-corrected chi connectivity index (χ1v) is 4.66. The maximum absolute atomic E-state index is 11.6. The zero-order chi connectivity index (χ0) is 12.0. The van der Waals surface area contributed by atoms with Crippen LogP contribution in [0.2, 0.25) is 0 Å². The number of hydrogen-bond acceptors (Lipinski definition) is 4. The van der Waals surface area contributed by atoms with Crippen molar-refractivity contribution in [3.05, 3.63) is 29.8 Å². The number of hydrogen-bond donors (Lipinski definition) is 1. The van der Waals surface area contributed by atoms with E-state index in [4.69, 9.17) is 4.74 Å². The van der Waals surface area contributed by atoms with E-state index in [-0.39, 0.29) is 12.5 Å². The third-order valence-corrected chi connectivity index (χ3v) is 1.95. The van der Waals surface area contributed by atoms with E-state index in [9.17, 15) is 9.59 Å². The van der Waals surface area contributed by atoms with Crippen LogP contribution in [0.3, 0.4) is 0 Å². The second-order valence-corrected chi connectivity index (χ2v) is 2.99. The number of benzene rings is 1. The van der Waals surface area contributed by atoms with Gasteiger partial charge in [0, 0.05) is 5.56 Å². The first-order chi connectivity index (χ1) is 7.67. The molecule has 1 amide bonds. The maximum atomic E-state index is 11.6. The zero-order valence-corrected chi connectivity index (χ0v) is 9.15. The predicted octanol–water partition coefficient (Wildman–Crippen LogP) is 0.598. The highest BCUT2D eigenvalue weighted by atomic mass is 16.5. The molecular formula is C11H13NO4. The molecule has 5 heteroatoms. The van der Waals surface area contributed by atoms with E-state index >= 15 is 0 Å². The van der Waals surface area contributed by atoms with Crippen molar-refractivity contribution in [2.45, 2.75) is 0 Å². The third-order valence-electron chi connectivity index (χ3n) is 1.95. The summed E-state index contributed by atoms with van der Waals surface area (Å²) < 4.78 is 9.38. The first kappa shape index (κ1) is 12.0. The zero-order valence-electron chi connectivity index (χ0n) is 9.15. The van der Waals surface area contributed by atoms with Gasteiger partial charge in [0.25, 0.3) is 5.91 Å². The molecule has 5 nitrogen and oxygen atoms in total. The number of amides is 1. The van der Waals surface area contributed by atoms with Crippen molar-refractivity contribution in [2.75, 3.05) is 20.8 Å². The molecule has 0 atom stereocenters. The lowest BCUT2D eigenvalue weighted by molar-refractivity contribution is -0.139. The average molecular weight is 223 g/mol. The van der Waals surface area contributed by atoms with Gasteiger partial charge in [0.1, 0.15) is 12.3 Å². The van der Waals surface area contributed by atoms with Gasteiger partial charge < -0.3 is 14.8 Å². The standard InChI is InChI=1S/C11H13NO4/c1-15-9-5-3-4-8(6-9)11(14)12-7-10(13)16-2/h3-6H,7H2,1-2H3,(H,12,14). The minimum Gasteiger partial charge on any atom is -0.497 e. The Morgan fingerprint density at radius 1 is 1.31 bits per heavy atom. The number of ether oxygens (including phenoxy) is 2. The van der Waals surface area contributed by atoms with Crippen LogP contribution in [0.5, 0.6) is 5.75 Å². The Morgan fingerprint density at radius 2 is 2.06 bits per heavy atom. The largest absolute Gasteiger partial charge is 0.497 e. The average Bonchev–Trinajstić information content (AvgIpc) is 2.35. The molecule has 0 fully saturated rings. The fraction of sp³-hybridized carbons (Fsp3) is 0.273. The SMILES string of the molecule is COC(=O)CNC(=O)c1cccc(OC)c1. The van der Waals surface area contributed by atoms with Gasteiger partial charge in [0.05, 0.1) is 14.2 Å². The third kappa shape index (κ3) is 3.27. The summed E-state index contributed by atoms with van der Waals surface area (Å²) >= 11 is 0. The maximum Gasteiger partial charge on any atom is 0.325 e. The number of carbonyl (C=O) groups is 2. The topological polar surface area (TPSA) is 64.6 Å². The number of nitrogens with one attached hydrogen (secondary N) is 1. The number of methoxy groups -OCH3 is 2. The summed E-state index contributed by atoms with van der Waals surface area (Å²) in [5.41, 5.74) is 0.434. The molecule has 0 heterocycles. The van der Waals surface area contributed by atoms with Gasteiger partial charge >= 0.3 is 5.97 Å². The van der Waals surface area contributed by atoms with Gasteiger partial charge in [-0.1, -0.05) is 6.07 Å². The van der Waals surface area contributed by atoms with Crippen LogP contribution >= 0.6 is 0 Å². The van der Waals surface area contributed by atoms with Crippen LogP contribution < -0.4 is 10.1 Å². The molecule has 0 aliphatic heterocycles. The summed E-state index contributed by atoms with van der Waals surface area (Å²) in [6.07, 6.45) is 0. The number of rotatable bonds is 4. The lowest BCUT2D eigenvalue weighted by atomic mass is 10.2. The van der Waals surface area contributed by atoms with Gasteiger partial charge in [-0.05, 0) is 18.2 Å². The van der Waals surface area contributed by atoms with Crippen molar-refractivity contribution >= 4 is 11.9 Å². The molecule has 1 N–H and O–H groups in total. The van der Waals surface area contributed by atoms with Crippen molar-refractivity contribution in [3.63, 3.8) is 0 Å². The van der Waals surface area contributed by atoms with Crippen LogP contribution in [0.1, 0.15) is 10.4 Å². The molecule has 0 unspecified atom stereocenters. The minimum absolute atomic E-state index is 0.146. The Labute approximate surface area is 93.4 Å². The van der Waals surface area contributed by atoms with Gasteiger partial charge in [-0.25, -0.2) is 0 Å². The highest BCUT2D eigenvalue weighted by Gasteiger charge is 2.08. The highest BCUT2D eigenvalue weighted by Crippen LogP contribution is 2.12. The van der Waals surface area contributed by atoms with Crippen molar-refractivity contribution in [2.24, 2.45) is 0 Å². The van der Waals surface area contributed by atoms with Gasteiger partial charge in [-0.3, -0.25) is 9.59 Å². The Kier molecular flexibility index (Phi) is 4.32. The number of esters is 1. The molecule has 0 saturated carbocycles. The summed E-state index contributed by atoms with van der Waals surface area (Å²) in [7, 11) is 2.78. The minimum atomic E-state index is -0.490. The van der Waals surface area contributed by atoms with E-state index in [0.717, 1.165) is 0 Å². The first-order valence-electron chi connectivity index (χ1n) is 4.66. The molecule has 0 saturated heterocycles. The van der Waals surface area contributed by atoms with Crippen LogP contribution in [-0.2, 0) is 9.53 Å². The van der Waals surface area contributed by atoms with Crippen molar-refractivity contribution < 1.29 is 19.1 Å². The van der Waals surface area contributed by atoms with Gasteiger partial charge in [-0.15, -0.1) is 0 Å². The highest BCUT2D eigenvalue weighted by molar-refractivity contribution is 5.96. The van der Waals surface area contributed by atoms with Crippen LogP contribution in [0.15, 0.2) is 24.3 Å². The van der Waals surface area contributed by atoms with E-state index in [1.54, 1.807) is 24.3 Å². The Balaban J connectivity index is 2.62. The lowest BCUT2D eigenvalue weighted by Crippen LogP contribution is -2.30.